The van der Waals surface area contributed by atoms with Crippen LogP contribution in [0.3, 0.4) is 0 Å². The molecule has 196 valence electrons. The van der Waals surface area contributed by atoms with Gasteiger partial charge in [0.05, 0.1) is 5.69 Å². The zero-order valence-corrected chi connectivity index (χ0v) is 24.4. The first kappa shape index (κ1) is 27.8. The molecule has 2 nitrogen and oxygen atoms in total. The van der Waals surface area contributed by atoms with Gasteiger partial charge in [-0.2, -0.15) is 0 Å². The molecule has 0 amide bonds. The number of rotatable bonds is 11. The van der Waals surface area contributed by atoms with Crippen molar-refractivity contribution in [2.45, 2.75) is 65.1 Å². The third-order valence-corrected chi connectivity index (χ3v) is 9.64. The van der Waals surface area contributed by atoms with Crippen LogP contribution in [0.5, 0.6) is 5.75 Å². The van der Waals surface area contributed by atoms with Crippen molar-refractivity contribution in [3.8, 4) is 5.75 Å². The van der Waals surface area contributed by atoms with Crippen LogP contribution >= 0.6 is 8.58 Å². The van der Waals surface area contributed by atoms with Crippen LogP contribution in [0.15, 0.2) is 102 Å². The monoisotopic (exact) mass is 521 g/mol. The van der Waals surface area contributed by atoms with Crippen molar-refractivity contribution in [2.75, 3.05) is 0 Å². The van der Waals surface area contributed by atoms with E-state index in [1.165, 1.54) is 33.1 Å². The minimum atomic E-state index is -0.0725. The molecule has 0 spiro atoms. The summed E-state index contributed by atoms with van der Waals surface area (Å²) in [5.41, 5.74) is 7.28. The van der Waals surface area contributed by atoms with Gasteiger partial charge in [0.25, 0.3) is 0 Å². The van der Waals surface area contributed by atoms with Gasteiger partial charge in [0.1, 0.15) is 12.4 Å². The van der Waals surface area contributed by atoms with Crippen LogP contribution < -0.4 is 10.0 Å². The average Bonchev–Trinajstić information content (AvgIpc) is 2.96. The molecule has 4 aromatic carbocycles. The van der Waals surface area contributed by atoms with Gasteiger partial charge >= 0.3 is 0 Å². The molecular formula is C35H40NOP. The maximum Gasteiger partial charge on any atom is 0.127 e. The highest BCUT2D eigenvalue weighted by Gasteiger charge is 2.31. The van der Waals surface area contributed by atoms with Crippen molar-refractivity contribution >= 4 is 25.8 Å². The molecule has 0 aliphatic heterocycles. The second-order valence-corrected chi connectivity index (χ2v) is 12.1. The van der Waals surface area contributed by atoms with Crippen molar-refractivity contribution in [1.82, 2.24) is 0 Å². The summed E-state index contributed by atoms with van der Waals surface area (Å²) in [6, 6.07) is 34.0. The Hall–Kier alpha value is -3.22. The van der Waals surface area contributed by atoms with Crippen molar-refractivity contribution in [3.05, 3.63) is 125 Å². The van der Waals surface area contributed by atoms with Gasteiger partial charge in [-0.15, -0.1) is 0 Å². The highest BCUT2D eigenvalue weighted by Crippen LogP contribution is 2.50. The summed E-state index contributed by atoms with van der Waals surface area (Å²) in [6.07, 6.45) is 4.12. The molecule has 3 atom stereocenters. The lowest BCUT2D eigenvalue weighted by Gasteiger charge is -2.33. The topological polar surface area (TPSA) is 21.6 Å². The molecule has 38 heavy (non-hydrogen) atoms. The largest absolute Gasteiger partial charge is 0.488 e. The van der Waals surface area contributed by atoms with Crippen molar-refractivity contribution < 1.29 is 4.74 Å². The Labute approximate surface area is 231 Å². The minimum absolute atomic E-state index is 0.0725. The summed E-state index contributed by atoms with van der Waals surface area (Å²) in [5.74, 6) is 1.49. The van der Waals surface area contributed by atoms with Gasteiger partial charge in [-0.25, -0.2) is 0 Å². The zero-order valence-electron chi connectivity index (χ0n) is 23.4. The van der Waals surface area contributed by atoms with E-state index in [0.29, 0.717) is 21.1 Å². The Morgan fingerprint density at radius 1 is 0.868 bits per heavy atom. The van der Waals surface area contributed by atoms with Crippen molar-refractivity contribution in [2.24, 2.45) is 4.99 Å². The van der Waals surface area contributed by atoms with Crippen LogP contribution in [0.2, 0.25) is 0 Å². The predicted octanol–water partition coefficient (Wildman–Crippen LogP) is 9.47. The number of hydrogen-bond acceptors (Lipinski definition) is 2. The van der Waals surface area contributed by atoms with Crippen LogP contribution in [0.25, 0.3) is 0 Å². The van der Waals surface area contributed by atoms with Crippen LogP contribution in [0.1, 0.15) is 74.3 Å². The van der Waals surface area contributed by atoms with Crippen LogP contribution in [-0.4, -0.2) is 6.21 Å². The Kier molecular flexibility index (Phi) is 9.53. The van der Waals surface area contributed by atoms with Gasteiger partial charge in [0.2, 0.25) is 0 Å². The summed E-state index contributed by atoms with van der Waals surface area (Å²) in [4.78, 5) is 4.79. The third-order valence-electron chi connectivity index (χ3n) is 7.53. The quantitative estimate of drug-likeness (QED) is 0.142. The van der Waals surface area contributed by atoms with E-state index in [1.807, 2.05) is 36.5 Å². The van der Waals surface area contributed by atoms with E-state index in [9.17, 15) is 0 Å². The fourth-order valence-electron chi connectivity index (χ4n) is 4.74. The van der Waals surface area contributed by atoms with E-state index in [4.69, 9.17) is 9.73 Å². The molecular weight excluding hydrogens is 481 g/mol. The highest BCUT2D eigenvalue weighted by atomic mass is 31.1. The molecule has 3 heteroatoms. The van der Waals surface area contributed by atoms with Crippen LogP contribution in [0, 0.1) is 6.92 Å². The third kappa shape index (κ3) is 6.61. The first-order valence-corrected chi connectivity index (χ1v) is 14.7. The van der Waals surface area contributed by atoms with Gasteiger partial charge in [-0.05, 0) is 59.8 Å². The summed E-state index contributed by atoms with van der Waals surface area (Å²) < 4.78 is 6.71. The SMILES string of the molecule is CCC(C)c1cccc(C(C)(CC)Pc2c(C)cccc2C=Nc2ccccc2)c1OCc1ccccc1. The smallest absolute Gasteiger partial charge is 0.127 e. The Balaban J connectivity index is 1.74. The second kappa shape index (κ2) is 13.0. The number of hydrogen-bond donors (Lipinski definition) is 0. The highest BCUT2D eigenvalue weighted by molar-refractivity contribution is 7.49. The van der Waals surface area contributed by atoms with E-state index < -0.39 is 0 Å². The molecule has 0 heterocycles. The summed E-state index contributed by atoms with van der Waals surface area (Å²) in [6.45, 7) is 12.1. The first-order valence-electron chi connectivity index (χ1n) is 13.7. The molecule has 0 aliphatic carbocycles. The number of aliphatic imine (C=N–C) groups is 1. The molecule has 4 rings (SSSR count). The molecule has 0 radical (unpaired) electrons. The van der Waals surface area contributed by atoms with Crippen LogP contribution in [-0.2, 0) is 11.8 Å². The van der Waals surface area contributed by atoms with Gasteiger partial charge in [-0.1, -0.05) is 121 Å². The summed E-state index contributed by atoms with van der Waals surface area (Å²) in [7, 11) is 0.578. The molecule has 0 aliphatic rings. The molecule has 0 aromatic heterocycles. The van der Waals surface area contributed by atoms with E-state index >= 15 is 0 Å². The van der Waals surface area contributed by atoms with Crippen LogP contribution in [0.4, 0.5) is 5.69 Å². The molecule has 3 unspecified atom stereocenters. The van der Waals surface area contributed by atoms with E-state index in [2.05, 4.69) is 101 Å². The maximum absolute atomic E-state index is 6.71. The molecule has 0 fully saturated rings. The van der Waals surface area contributed by atoms with E-state index in [1.54, 1.807) is 0 Å². The number of benzene rings is 4. The maximum atomic E-state index is 6.71. The molecule has 0 saturated heterocycles. The predicted molar refractivity (Wildman–Crippen MR) is 166 cm³/mol. The van der Waals surface area contributed by atoms with Gasteiger partial charge in [0, 0.05) is 22.5 Å². The average molecular weight is 522 g/mol. The molecule has 0 bridgehead atoms. The molecule has 0 saturated carbocycles. The fourth-order valence-corrected chi connectivity index (χ4v) is 6.37. The Morgan fingerprint density at radius 2 is 1.55 bits per heavy atom. The van der Waals surface area contributed by atoms with Crippen molar-refractivity contribution in [3.63, 3.8) is 0 Å². The molecule has 4 aromatic rings. The van der Waals surface area contributed by atoms with Gasteiger partial charge < -0.3 is 4.74 Å². The molecule has 0 N–H and O–H groups in total. The second-order valence-electron chi connectivity index (χ2n) is 10.3. The lowest BCUT2D eigenvalue weighted by atomic mass is 9.89. The number of para-hydroxylation sites is 2. The standard InChI is InChI=1S/C35H40NOP/c1-6-26(3)31-22-15-23-32(33(31)37-25-28-17-10-8-11-18-28)35(5,7-2)38-34-27(4)16-14-19-29(34)24-36-30-20-12-9-13-21-30/h8-24,26,38H,6-7,25H2,1-5H3. The summed E-state index contributed by atoms with van der Waals surface area (Å²) >= 11 is 0. The van der Waals surface area contributed by atoms with E-state index in [0.717, 1.165) is 24.3 Å². The minimum Gasteiger partial charge on any atom is -0.488 e. The summed E-state index contributed by atoms with van der Waals surface area (Å²) in [5, 5.41) is 1.30. The van der Waals surface area contributed by atoms with Crippen molar-refractivity contribution in [1.29, 1.82) is 0 Å². The normalized spacial score (nSPS) is 14.1. The van der Waals surface area contributed by atoms with Gasteiger partial charge in [0.15, 0.2) is 0 Å². The Bertz CT molecular complexity index is 1350. The number of aryl methyl sites for hydroxylation is 1. The number of ether oxygens (including phenoxy) is 1. The first-order chi connectivity index (χ1) is 18.4. The van der Waals surface area contributed by atoms with E-state index in [-0.39, 0.29) is 5.16 Å². The number of nitrogens with zero attached hydrogens (tertiary/aromatic N) is 1. The van der Waals surface area contributed by atoms with Gasteiger partial charge in [-0.3, -0.25) is 4.99 Å². The Morgan fingerprint density at radius 3 is 2.24 bits per heavy atom. The lowest BCUT2D eigenvalue weighted by molar-refractivity contribution is 0.294. The zero-order chi connectivity index (χ0) is 27.0. The lowest BCUT2D eigenvalue weighted by Crippen LogP contribution is -2.23. The fraction of sp³-hybridized carbons (Fsp3) is 0.286.